The summed E-state index contributed by atoms with van der Waals surface area (Å²) >= 11 is 1.82. The van der Waals surface area contributed by atoms with E-state index in [-0.39, 0.29) is 0 Å². The third-order valence-electron chi connectivity index (χ3n) is 5.08. The summed E-state index contributed by atoms with van der Waals surface area (Å²) in [5, 5.41) is 3.28. The Hall–Kier alpha value is -0.0600. The van der Waals surface area contributed by atoms with Crippen LogP contribution in [0.5, 0.6) is 0 Å². The maximum atomic E-state index is 3.96. The quantitative estimate of drug-likeness (QED) is 0.493. The lowest BCUT2D eigenvalue weighted by molar-refractivity contribution is 0.520. The third kappa shape index (κ3) is 18.7. The molecule has 0 aromatic heterocycles. The molecule has 0 amide bonds. The highest BCUT2D eigenvalue weighted by Crippen LogP contribution is 2.15. The van der Waals surface area contributed by atoms with Crippen molar-refractivity contribution >= 4 is 18.2 Å². The fourth-order valence-electron chi connectivity index (χ4n) is 3.39. The highest BCUT2D eigenvalue weighted by Gasteiger charge is 1.96. The molecule has 2 saturated heterocycles. The normalized spacial score (nSPS) is 23.4. The summed E-state index contributed by atoms with van der Waals surface area (Å²) in [6, 6.07) is 0. The zero-order valence-electron chi connectivity index (χ0n) is 17.3. The maximum Gasteiger partial charge on any atom is 0.0388 e. The van der Waals surface area contributed by atoms with E-state index in [0.29, 0.717) is 0 Å². The zero-order valence-corrected chi connectivity index (χ0v) is 18.1. The van der Waals surface area contributed by atoms with E-state index in [1.165, 1.54) is 128 Å². The third-order valence-corrected chi connectivity index (χ3v) is 5.98. The molecular weight excluding hydrogens is 338 g/mol. The fourth-order valence-corrected chi connectivity index (χ4v) is 4.11. The van der Waals surface area contributed by atoms with Gasteiger partial charge in [0, 0.05) is 18.8 Å². The monoisotopic (exact) mass is 383 g/mol. The minimum Gasteiger partial charge on any atom is -0.317 e. The first-order chi connectivity index (χ1) is 13.0. The second kappa shape index (κ2) is 21.2. The van der Waals surface area contributed by atoms with Crippen LogP contribution < -0.4 is 10.0 Å². The molecule has 4 fully saturated rings. The van der Waals surface area contributed by atoms with E-state index in [0.717, 1.165) is 6.54 Å². The molecule has 5 rings (SSSR count). The minimum atomic E-state index is 1.07. The van der Waals surface area contributed by atoms with Crippen LogP contribution in [0.1, 0.15) is 103 Å². The molecule has 0 aromatic rings. The van der Waals surface area contributed by atoms with Crippen molar-refractivity contribution in [1.29, 1.82) is 0 Å². The summed E-state index contributed by atoms with van der Waals surface area (Å²) in [6.07, 6.45) is 25.0. The molecule has 0 unspecified atom stereocenters. The van der Waals surface area contributed by atoms with Crippen molar-refractivity contribution in [2.45, 2.75) is 103 Å². The highest BCUT2D eigenvalue weighted by molar-refractivity contribution is 7.97. The molecule has 154 valence electrons. The van der Waals surface area contributed by atoms with Crippen LogP contribution in [0, 0.1) is 0 Å². The highest BCUT2D eigenvalue weighted by atomic mass is 32.2. The molecule has 2 saturated carbocycles. The van der Waals surface area contributed by atoms with Gasteiger partial charge in [-0.05, 0) is 51.4 Å². The van der Waals surface area contributed by atoms with Gasteiger partial charge in [0.2, 0.25) is 0 Å². The first-order valence-electron chi connectivity index (χ1n) is 11.5. The van der Waals surface area contributed by atoms with E-state index in [2.05, 4.69) is 15.0 Å². The Bertz CT molecular complexity index is 217. The summed E-state index contributed by atoms with van der Waals surface area (Å²) < 4.78 is 3.14. The number of piperidine rings is 1. The molecule has 0 atom stereocenters. The van der Waals surface area contributed by atoms with Gasteiger partial charge in [0.1, 0.15) is 0 Å². The smallest absolute Gasteiger partial charge is 0.0388 e. The second-order valence-corrected chi connectivity index (χ2v) is 8.66. The standard InChI is InChI=1S/C5H11N.2C5H10.C4H7N.C3H7NS/c1-2-4-6-5-3-1;4*1-2-4-5-3-1/h6H,1-5H2;2*1-5H2;3H,1-2,4H2;4H,1-3H2. The van der Waals surface area contributed by atoms with E-state index < -0.39 is 0 Å². The Labute approximate surface area is 168 Å². The molecule has 4 heteroatoms. The number of nitrogens with one attached hydrogen (secondary N) is 2. The van der Waals surface area contributed by atoms with Crippen LogP contribution in [0.25, 0.3) is 0 Å². The summed E-state index contributed by atoms with van der Waals surface area (Å²) in [5.41, 5.74) is 0. The molecule has 3 nitrogen and oxygen atoms in total. The van der Waals surface area contributed by atoms with Crippen LogP contribution in [-0.4, -0.2) is 38.1 Å². The van der Waals surface area contributed by atoms with Gasteiger partial charge in [0.25, 0.3) is 0 Å². The summed E-state index contributed by atoms with van der Waals surface area (Å²) in [7, 11) is 0. The molecule has 26 heavy (non-hydrogen) atoms. The summed E-state index contributed by atoms with van der Waals surface area (Å²) in [6.45, 7) is 4.78. The molecule has 5 aliphatic rings. The second-order valence-electron chi connectivity index (χ2n) is 7.67. The number of hydrogen-bond donors (Lipinski definition) is 2. The Morgan fingerprint density at radius 3 is 1.27 bits per heavy atom. The Morgan fingerprint density at radius 2 is 1.12 bits per heavy atom. The van der Waals surface area contributed by atoms with E-state index in [4.69, 9.17) is 0 Å². The molecule has 2 aliphatic carbocycles. The lowest BCUT2D eigenvalue weighted by Crippen LogP contribution is -2.21. The molecule has 3 heterocycles. The molecule has 2 N–H and O–H groups in total. The van der Waals surface area contributed by atoms with Gasteiger partial charge in [-0.3, -0.25) is 9.71 Å². The van der Waals surface area contributed by atoms with Gasteiger partial charge in [-0.15, -0.1) is 0 Å². The van der Waals surface area contributed by atoms with Gasteiger partial charge in [0.15, 0.2) is 0 Å². The zero-order chi connectivity index (χ0) is 18.4. The topological polar surface area (TPSA) is 36.4 Å². The molecule has 3 aliphatic heterocycles. The molecule has 0 spiro atoms. The van der Waals surface area contributed by atoms with Crippen molar-refractivity contribution in [3.05, 3.63) is 0 Å². The van der Waals surface area contributed by atoms with Crippen molar-refractivity contribution in [3.63, 3.8) is 0 Å². The predicted octanol–water partition coefficient (Wildman–Crippen LogP) is 6.14. The molecular formula is C22H45N3S. The molecule has 0 aromatic carbocycles. The van der Waals surface area contributed by atoms with Crippen molar-refractivity contribution in [3.8, 4) is 0 Å². The van der Waals surface area contributed by atoms with Crippen LogP contribution in [0.3, 0.4) is 0 Å². The number of nitrogens with zero attached hydrogens (tertiary/aromatic N) is 1. The average molecular weight is 384 g/mol. The predicted molar refractivity (Wildman–Crippen MR) is 121 cm³/mol. The lowest BCUT2D eigenvalue weighted by Gasteiger charge is -2.08. The number of hydrogen-bond acceptors (Lipinski definition) is 4. The number of rotatable bonds is 0. The largest absolute Gasteiger partial charge is 0.317 e. The van der Waals surface area contributed by atoms with Gasteiger partial charge in [-0.1, -0.05) is 82.6 Å². The van der Waals surface area contributed by atoms with Gasteiger partial charge < -0.3 is 5.32 Å². The number of aliphatic imine (C=N–C) groups is 1. The SMILES string of the molecule is C1=NCCC1.C1CCCC1.C1CCCC1.C1CCNCC1.C1CNSC1. The van der Waals surface area contributed by atoms with Gasteiger partial charge >= 0.3 is 0 Å². The van der Waals surface area contributed by atoms with Crippen LogP contribution in [0.4, 0.5) is 0 Å². The Balaban J connectivity index is 0.000000163. The molecule has 0 bridgehead atoms. The van der Waals surface area contributed by atoms with Gasteiger partial charge in [-0.25, -0.2) is 0 Å². The maximum absolute atomic E-state index is 3.96. The first kappa shape index (κ1) is 24.0. The van der Waals surface area contributed by atoms with Gasteiger partial charge in [0.05, 0.1) is 0 Å². The van der Waals surface area contributed by atoms with E-state index in [1.807, 2.05) is 18.2 Å². The van der Waals surface area contributed by atoms with Crippen molar-refractivity contribution in [2.75, 3.05) is 31.9 Å². The van der Waals surface area contributed by atoms with E-state index in [9.17, 15) is 0 Å². The summed E-state index contributed by atoms with van der Waals surface area (Å²) in [5.74, 6) is 1.31. The van der Waals surface area contributed by atoms with Crippen LogP contribution in [0.15, 0.2) is 4.99 Å². The Kier molecular flexibility index (Phi) is 19.6. The fraction of sp³-hybridized carbons (Fsp3) is 0.955. The Morgan fingerprint density at radius 1 is 0.577 bits per heavy atom. The molecule has 0 radical (unpaired) electrons. The lowest BCUT2D eigenvalue weighted by atomic mass is 10.2. The van der Waals surface area contributed by atoms with Crippen molar-refractivity contribution < 1.29 is 0 Å². The van der Waals surface area contributed by atoms with Crippen molar-refractivity contribution in [2.24, 2.45) is 4.99 Å². The minimum absolute atomic E-state index is 1.07. The van der Waals surface area contributed by atoms with Crippen molar-refractivity contribution in [1.82, 2.24) is 10.0 Å². The van der Waals surface area contributed by atoms with Crippen LogP contribution >= 0.6 is 11.9 Å². The van der Waals surface area contributed by atoms with E-state index in [1.54, 1.807) is 0 Å². The van der Waals surface area contributed by atoms with Gasteiger partial charge in [-0.2, -0.15) is 0 Å². The van der Waals surface area contributed by atoms with Crippen LogP contribution in [-0.2, 0) is 0 Å². The first-order valence-corrected chi connectivity index (χ1v) is 12.5. The van der Waals surface area contributed by atoms with E-state index >= 15 is 0 Å². The average Bonchev–Trinajstić information content (AvgIpc) is 3.56. The summed E-state index contributed by atoms with van der Waals surface area (Å²) in [4.78, 5) is 3.96. The van der Waals surface area contributed by atoms with Crippen LogP contribution in [0.2, 0.25) is 0 Å².